The zero-order valence-electron chi connectivity index (χ0n) is 11.2. The fourth-order valence-corrected chi connectivity index (χ4v) is 5.15. The van der Waals surface area contributed by atoms with Crippen LogP contribution in [0.5, 0.6) is 0 Å². The fraction of sp³-hybridized carbons (Fsp3) is 0.286. The molecule has 2 aromatic rings. The summed E-state index contributed by atoms with van der Waals surface area (Å²) < 4.78 is 27.8. The summed E-state index contributed by atoms with van der Waals surface area (Å²) in [7, 11) is -3.66. The van der Waals surface area contributed by atoms with Crippen LogP contribution in [-0.2, 0) is 16.4 Å². The number of thiophene rings is 1. The van der Waals surface area contributed by atoms with E-state index in [1.54, 1.807) is 11.3 Å². The second-order valence-electron chi connectivity index (χ2n) is 5.05. The minimum absolute atomic E-state index is 0.0780. The third-order valence-corrected chi connectivity index (χ3v) is 6.39. The first-order chi connectivity index (χ1) is 9.97. The third kappa shape index (κ3) is 2.94. The molecule has 0 radical (unpaired) electrons. The molecular weight excluding hydrogens is 328 g/mol. The van der Waals surface area contributed by atoms with Crippen LogP contribution in [0.4, 0.5) is 5.69 Å². The molecule has 1 aliphatic carbocycles. The van der Waals surface area contributed by atoms with Gasteiger partial charge in [0.2, 0.25) is 10.0 Å². The monoisotopic (exact) mass is 342 g/mol. The van der Waals surface area contributed by atoms with Gasteiger partial charge in [0.25, 0.3) is 0 Å². The van der Waals surface area contributed by atoms with Crippen molar-refractivity contribution in [1.29, 1.82) is 0 Å². The smallest absolute Gasteiger partial charge is 0.243 e. The predicted octanol–water partition coefficient (Wildman–Crippen LogP) is 3.34. The Kier molecular flexibility index (Phi) is 3.96. The van der Waals surface area contributed by atoms with Crippen LogP contribution >= 0.6 is 22.9 Å². The van der Waals surface area contributed by atoms with Gasteiger partial charge in [-0.05, 0) is 54.5 Å². The van der Waals surface area contributed by atoms with Crippen LogP contribution in [0.3, 0.4) is 0 Å². The molecule has 3 rings (SSSR count). The second-order valence-corrected chi connectivity index (χ2v) is 8.17. The minimum Gasteiger partial charge on any atom is -0.398 e. The summed E-state index contributed by atoms with van der Waals surface area (Å²) in [6, 6.07) is 6.24. The number of benzene rings is 1. The Balaban J connectivity index is 1.91. The number of hydrogen-bond acceptors (Lipinski definition) is 4. The molecule has 0 saturated heterocycles. The van der Waals surface area contributed by atoms with E-state index in [-0.39, 0.29) is 16.6 Å². The van der Waals surface area contributed by atoms with Crippen LogP contribution in [-0.4, -0.2) is 8.42 Å². The van der Waals surface area contributed by atoms with Crippen molar-refractivity contribution in [2.75, 3.05) is 5.73 Å². The van der Waals surface area contributed by atoms with Gasteiger partial charge in [-0.3, -0.25) is 0 Å². The molecule has 0 amide bonds. The van der Waals surface area contributed by atoms with Crippen LogP contribution in [0.15, 0.2) is 34.5 Å². The number of aryl methyl sites for hydroxylation is 1. The van der Waals surface area contributed by atoms with E-state index in [1.165, 1.54) is 23.1 Å². The Morgan fingerprint density at radius 1 is 1.33 bits per heavy atom. The van der Waals surface area contributed by atoms with Crippen LogP contribution in [0.2, 0.25) is 5.02 Å². The molecule has 0 spiro atoms. The summed E-state index contributed by atoms with van der Waals surface area (Å²) in [5.41, 5.74) is 7.03. The molecular formula is C14H15ClN2O2S2. The highest BCUT2D eigenvalue weighted by Crippen LogP contribution is 2.34. The SMILES string of the molecule is Nc1cc(Cl)ccc1S(=O)(=O)NC1CCCc2sccc21. The molecule has 0 fully saturated rings. The standard InChI is InChI=1S/C14H15ClN2O2S2/c15-9-4-5-14(11(16)8-9)21(18,19)17-12-2-1-3-13-10(12)6-7-20-13/h4-8,12,17H,1-3,16H2. The van der Waals surface area contributed by atoms with Crippen LogP contribution in [0, 0.1) is 0 Å². The van der Waals surface area contributed by atoms with Gasteiger partial charge in [-0.1, -0.05) is 11.6 Å². The van der Waals surface area contributed by atoms with E-state index in [0.29, 0.717) is 5.02 Å². The number of nitrogens with one attached hydrogen (secondary N) is 1. The Hall–Kier alpha value is -1.08. The lowest BCUT2D eigenvalue weighted by Crippen LogP contribution is -2.31. The van der Waals surface area contributed by atoms with Crippen molar-refractivity contribution in [1.82, 2.24) is 4.72 Å². The third-order valence-electron chi connectivity index (χ3n) is 3.61. The minimum atomic E-state index is -3.66. The van der Waals surface area contributed by atoms with Crippen molar-refractivity contribution in [2.24, 2.45) is 0 Å². The summed E-state index contributed by atoms with van der Waals surface area (Å²) in [5, 5.41) is 2.43. The zero-order chi connectivity index (χ0) is 15.0. The zero-order valence-corrected chi connectivity index (χ0v) is 13.6. The van der Waals surface area contributed by atoms with E-state index < -0.39 is 10.0 Å². The first kappa shape index (κ1) is 14.8. The van der Waals surface area contributed by atoms with Gasteiger partial charge in [0.1, 0.15) is 4.90 Å². The summed E-state index contributed by atoms with van der Waals surface area (Å²) in [6.45, 7) is 0. The number of fused-ring (bicyclic) bond motifs is 1. The molecule has 4 nitrogen and oxygen atoms in total. The fourth-order valence-electron chi connectivity index (χ4n) is 2.62. The first-order valence-corrected chi connectivity index (χ1v) is 9.35. The Morgan fingerprint density at radius 3 is 2.90 bits per heavy atom. The lowest BCUT2D eigenvalue weighted by Gasteiger charge is -2.23. The van der Waals surface area contributed by atoms with Crippen LogP contribution < -0.4 is 10.5 Å². The Morgan fingerprint density at radius 2 is 2.14 bits per heavy atom. The average Bonchev–Trinajstić information content (AvgIpc) is 2.87. The summed E-state index contributed by atoms with van der Waals surface area (Å²) in [5.74, 6) is 0. The van der Waals surface area contributed by atoms with Gasteiger partial charge in [0.15, 0.2) is 0 Å². The van der Waals surface area contributed by atoms with Crippen molar-refractivity contribution >= 4 is 38.6 Å². The highest BCUT2D eigenvalue weighted by molar-refractivity contribution is 7.89. The Labute approximate surface area is 133 Å². The molecule has 0 aliphatic heterocycles. The second kappa shape index (κ2) is 5.61. The molecule has 7 heteroatoms. The summed E-state index contributed by atoms with van der Waals surface area (Å²) >= 11 is 7.50. The van der Waals surface area contributed by atoms with Gasteiger partial charge in [0.05, 0.1) is 5.69 Å². The number of sulfonamides is 1. The highest BCUT2D eigenvalue weighted by atomic mass is 35.5. The van der Waals surface area contributed by atoms with E-state index in [4.69, 9.17) is 17.3 Å². The quantitative estimate of drug-likeness (QED) is 0.840. The van der Waals surface area contributed by atoms with Gasteiger partial charge >= 0.3 is 0 Å². The van der Waals surface area contributed by atoms with Crippen LogP contribution in [0.25, 0.3) is 0 Å². The molecule has 21 heavy (non-hydrogen) atoms. The first-order valence-electron chi connectivity index (χ1n) is 6.61. The van der Waals surface area contributed by atoms with Crippen molar-refractivity contribution in [2.45, 2.75) is 30.2 Å². The number of halogens is 1. The van der Waals surface area contributed by atoms with E-state index in [0.717, 1.165) is 24.8 Å². The van der Waals surface area contributed by atoms with Gasteiger partial charge in [-0.2, -0.15) is 0 Å². The number of nitrogens with two attached hydrogens (primary N) is 1. The molecule has 1 unspecified atom stereocenters. The maximum Gasteiger partial charge on any atom is 0.243 e. The molecule has 1 heterocycles. The van der Waals surface area contributed by atoms with Crippen molar-refractivity contribution in [3.8, 4) is 0 Å². The van der Waals surface area contributed by atoms with Crippen molar-refractivity contribution in [3.63, 3.8) is 0 Å². The highest BCUT2D eigenvalue weighted by Gasteiger charge is 2.27. The van der Waals surface area contributed by atoms with Gasteiger partial charge in [0, 0.05) is 15.9 Å². The maximum absolute atomic E-state index is 12.5. The lowest BCUT2D eigenvalue weighted by atomic mass is 9.95. The molecule has 0 bridgehead atoms. The molecule has 1 aromatic carbocycles. The molecule has 0 saturated carbocycles. The topological polar surface area (TPSA) is 72.2 Å². The number of anilines is 1. The van der Waals surface area contributed by atoms with Gasteiger partial charge < -0.3 is 5.73 Å². The largest absolute Gasteiger partial charge is 0.398 e. The maximum atomic E-state index is 12.5. The number of rotatable bonds is 3. The number of hydrogen-bond donors (Lipinski definition) is 2. The van der Waals surface area contributed by atoms with Crippen LogP contribution in [0.1, 0.15) is 29.3 Å². The molecule has 1 atom stereocenters. The normalized spacial score (nSPS) is 18.4. The predicted molar refractivity (Wildman–Crippen MR) is 86.2 cm³/mol. The summed E-state index contributed by atoms with van der Waals surface area (Å²) in [4.78, 5) is 1.34. The average molecular weight is 343 g/mol. The molecule has 1 aromatic heterocycles. The van der Waals surface area contributed by atoms with E-state index >= 15 is 0 Å². The van der Waals surface area contributed by atoms with Crippen molar-refractivity contribution in [3.05, 3.63) is 45.1 Å². The van der Waals surface area contributed by atoms with Crippen molar-refractivity contribution < 1.29 is 8.42 Å². The van der Waals surface area contributed by atoms with Gasteiger partial charge in [-0.15, -0.1) is 11.3 Å². The van der Waals surface area contributed by atoms with E-state index in [9.17, 15) is 8.42 Å². The summed E-state index contributed by atoms with van der Waals surface area (Å²) in [6.07, 6.45) is 2.81. The molecule has 1 aliphatic rings. The Bertz CT molecular complexity index is 771. The molecule has 3 N–H and O–H groups in total. The molecule has 112 valence electrons. The number of nitrogen functional groups attached to an aromatic ring is 1. The van der Waals surface area contributed by atoms with E-state index in [2.05, 4.69) is 4.72 Å². The van der Waals surface area contributed by atoms with E-state index in [1.807, 2.05) is 11.4 Å². The van der Waals surface area contributed by atoms with Gasteiger partial charge in [-0.25, -0.2) is 13.1 Å². The lowest BCUT2D eigenvalue weighted by molar-refractivity contribution is 0.511.